The first kappa shape index (κ1) is 11.1. The molecule has 0 heterocycles. The van der Waals surface area contributed by atoms with Crippen LogP contribution in [0.4, 0.5) is 0 Å². The van der Waals surface area contributed by atoms with E-state index in [1.165, 1.54) is 31.2 Å². The van der Waals surface area contributed by atoms with Crippen molar-refractivity contribution in [1.82, 2.24) is 0 Å². The summed E-state index contributed by atoms with van der Waals surface area (Å²) in [4.78, 5) is 0. The van der Waals surface area contributed by atoms with Crippen LogP contribution in [-0.4, -0.2) is 11.7 Å². The summed E-state index contributed by atoms with van der Waals surface area (Å²) in [5.74, 6) is 1.73. The fourth-order valence-electron chi connectivity index (χ4n) is 3.05. The molecule has 1 saturated carbocycles. The van der Waals surface area contributed by atoms with Gasteiger partial charge in [-0.2, -0.15) is 0 Å². The summed E-state index contributed by atoms with van der Waals surface area (Å²) < 4.78 is 5.87. The lowest BCUT2D eigenvalue weighted by molar-refractivity contribution is 0.180. The Morgan fingerprint density at radius 2 is 2.00 bits per heavy atom. The maximum Gasteiger partial charge on any atom is 0.119 e. The Kier molecular flexibility index (Phi) is 3.06. The van der Waals surface area contributed by atoms with E-state index in [1.54, 1.807) is 0 Å². The first-order chi connectivity index (χ1) is 8.33. The van der Waals surface area contributed by atoms with Gasteiger partial charge < -0.3 is 9.84 Å². The minimum absolute atomic E-state index is 0.256. The molecule has 0 aliphatic heterocycles. The molecule has 0 amide bonds. The van der Waals surface area contributed by atoms with Crippen molar-refractivity contribution >= 4 is 0 Å². The quantitative estimate of drug-likeness (QED) is 0.867. The largest absolute Gasteiger partial charge is 0.493 e. The van der Waals surface area contributed by atoms with Crippen LogP contribution in [0.1, 0.15) is 49.3 Å². The van der Waals surface area contributed by atoms with Gasteiger partial charge >= 0.3 is 0 Å². The average Bonchev–Trinajstić information content (AvgIpc) is 2.97. The molecule has 2 heteroatoms. The Morgan fingerprint density at radius 3 is 2.82 bits per heavy atom. The van der Waals surface area contributed by atoms with Gasteiger partial charge in [0, 0.05) is 0 Å². The van der Waals surface area contributed by atoms with Crippen LogP contribution in [0.2, 0.25) is 0 Å². The molecule has 0 aromatic heterocycles. The molecule has 92 valence electrons. The highest BCUT2D eigenvalue weighted by atomic mass is 16.5. The molecular formula is C15H20O2. The second-order valence-corrected chi connectivity index (χ2v) is 5.38. The Hall–Kier alpha value is -1.02. The normalized spacial score (nSPS) is 23.9. The Balaban J connectivity index is 1.64. The van der Waals surface area contributed by atoms with E-state index in [1.807, 2.05) is 12.1 Å². The van der Waals surface area contributed by atoms with Crippen LogP contribution in [0.3, 0.4) is 0 Å². The summed E-state index contributed by atoms with van der Waals surface area (Å²) in [5.41, 5.74) is 2.36. The Labute approximate surface area is 103 Å². The number of ether oxygens (including phenoxy) is 1. The van der Waals surface area contributed by atoms with Crippen molar-refractivity contribution in [3.05, 3.63) is 29.3 Å². The molecule has 0 saturated heterocycles. The highest BCUT2D eigenvalue weighted by Gasteiger charge is 2.21. The second kappa shape index (κ2) is 4.69. The summed E-state index contributed by atoms with van der Waals surface area (Å²) in [7, 11) is 0. The molecule has 2 nitrogen and oxygen atoms in total. The summed E-state index contributed by atoms with van der Waals surface area (Å²) in [6.45, 7) is 0.862. The van der Waals surface area contributed by atoms with Crippen molar-refractivity contribution in [3.63, 3.8) is 0 Å². The van der Waals surface area contributed by atoms with E-state index in [0.29, 0.717) is 0 Å². The van der Waals surface area contributed by atoms with Crippen molar-refractivity contribution in [1.29, 1.82) is 0 Å². The van der Waals surface area contributed by atoms with E-state index in [0.717, 1.165) is 36.7 Å². The van der Waals surface area contributed by atoms with Gasteiger partial charge in [-0.1, -0.05) is 18.9 Å². The third-order valence-corrected chi connectivity index (χ3v) is 4.12. The monoisotopic (exact) mass is 232 g/mol. The molecule has 17 heavy (non-hydrogen) atoms. The van der Waals surface area contributed by atoms with Crippen LogP contribution in [0.15, 0.2) is 18.2 Å². The van der Waals surface area contributed by atoms with Crippen molar-refractivity contribution < 1.29 is 9.84 Å². The number of rotatable bonds is 3. The van der Waals surface area contributed by atoms with Gasteiger partial charge in [0.25, 0.3) is 0 Å². The molecule has 0 radical (unpaired) electrons. The van der Waals surface area contributed by atoms with Crippen molar-refractivity contribution in [2.75, 3.05) is 6.61 Å². The fourth-order valence-corrected chi connectivity index (χ4v) is 3.05. The lowest BCUT2D eigenvalue weighted by Crippen LogP contribution is -2.08. The average molecular weight is 232 g/mol. The maximum atomic E-state index is 9.73. The standard InChI is InChI=1S/C15H20O2/c16-15-8-5-12-9-13(6-7-14(12)15)17-10-11-3-1-2-4-11/h6-7,9,11,15-16H,1-5,8,10H2/t15-/m0/s1. The summed E-state index contributed by atoms with van der Waals surface area (Å²) >= 11 is 0. The SMILES string of the molecule is O[C@H]1CCc2cc(OCC3CCCC3)ccc21. The number of hydrogen-bond donors (Lipinski definition) is 1. The molecule has 1 atom stereocenters. The zero-order valence-corrected chi connectivity index (χ0v) is 10.2. The topological polar surface area (TPSA) is 29.5 Å². The molecule has 3 rings (SSSR count). The highest BCUT2D eigenvalue weighted by molar-refractivity contribution is 5.39. The summed E-state index contributed by atoms with van der Waals surface area (Å²) in [5, 5.41) is 9.73. The van der Waals surface area contributed by atoms with Gasteiger partial charge in [0.2, 0.25) is 0 Å². The van der Waals surface area contributed by atoms with E-state index in [4.69, 9.17) is 4.74 Å². The second-order valence-electron chi connectivity index (χ2n) is 5.38. The van der Waals surface area contributed by atoms with Crippen LogP contribution in [0.5, 0.6) is 5.75 Å². The zero-order valence-electron chi connectivity index (χ0n) is 10.2. The Morgan fingerprint density at radius 1 is 1.18 bits per heavy atom. The molecular weight excluding hydrogens is 212 g/mol. The molecule has 0 spiro atoms. The van der Waals surface area contributed by atoms with Crippen LogP contribution < -0.4 is 4.74 Å². The smallest absolute Gasteiger partial charge is 0.119 e. The van der Waals surface area contributed by atoms with Gasteiger partial charge in [0.15, 0.2) is 0 Å². The molecule has 1 N–H and O–H groups in total. The number of hydrogen-bond acceptors (Lipinski definition) is 2. The number of aliphatic hydroxyl groups excluding tert-OH is 1. The van der Waals surface area contributed by atoms with Crippen molar-refractivity contribution in [2.45, 2.75) is 44.6 Å². The molecule has 0 bridgehead atoms. The highest BCUT2D eigenvalue weighted by Crippen LogP contribution is 2.33. The third-order valence-electron chi connectivity index (χ3n) is 4.12. The molecule has 1 aromatic rings. The Bertz CT molecular complexity index is 394. The molecule has 1 aromatic carbocycles. The summed E-state index contributed by atoms with van der Waals surface area (Å²) in [6.07, 6.45) is 6.97. The predicted octanol–water partition coefficient (Wildman–Crippen LogP) is 3.24. The maximum absolute atomic E-state index is 9.73. The molecule has 2 aliphatic carbocycles. The van der Waals surface area contributed by atoms with Gasteiger partial charge in [-0.25, -0.2) is 0 Å². The minimum Gasteiger partial charge on any atom is -0.493 e. The van der Waals surface area contributed by atoms with Crippen LogP contribution in [-0.2, 0) is 6.42 Å². The van der Waals surface area contributed by atoms with Gasteiger partial charge in [-0.05, 0) is 54.9 Å². The number of fused-ring (bicyclic) bond motifs is 1. The van der Waals surface area contributed by atoms with Gasteiger partial charge in [-0.3, -0.25) is 0 Å². The van der Waals surface area contributed by atoms with E-state index < -0.39 is 0 Å². The van der Waals surface area contributed by atoms with Gasteiger partial charge in [0.05, 0.1) is 12.7 Å². The number of aliphatic hydroxyl groups is 1. The zero-order chi connectivity index (χ0) is 11.7. The predicted molar refractivity (Wildman–Crippen MR) is 67.2 cm³/mol. The van der Waals surface area contributed by atoms with Crippen molar-refractivity contribution in [2.24, 2.45) is 5.92 Å². The van der Waals surface area contributed by atoms with E-state index in [2.05, 4.69) is 6.07 Å². The third kappa shape index (κ3) is 2.32. The van der Waals surface area contributed by atoms with Crippen LogP contribution in [0, 0.1) is 5.92 Å². The fraction of sp³-hybridized carbons (Fsp3) is 0.600. The first-order valence-corrected chi connectivity index (χ1v) is 6.76. The van der Waals surface area contributed by atoms with Crippen LogP contribution in [0.25, 0.3) is 0 Å². The molecule has 2 aliphatic rings. The molecule has 0 unspecified atom stereocenters. The van der Waals surface area contributed by atoms with E-state index in [9.17, 15) is 5.11 Å². The van der Waals surface area contributed by atoms with Crippen LogP contribution >= 0.6 is 0 Å². The van der Waals surface area contributed by atoms with Gasteiger partial charge in [-0.15, -0.1) is 0 Å². The first-order valence-electron chi connectivity index (χ1n) is 6.76. The lowest BCUT2D eigenvalue weighted by atomic mass is 10.1. The number of aryl methyl sites for hydroxylation is 1. The number of benzene rings is 1. The van der Waals surface area contributed by atoms with E-state index in [-0.39, 0.29) is 6.10 Å². The lowest BCUT2D eigenvalue weighted by Gasteiger charge is -2.12. The summed E-state index contributed by atoms with van der Waals surface area (Å²) in [6, 6.07) is 6.14. The van der Waals surface area contributed by atoms with Gasteiger partial charge in [0.1, 0.15) is 5.75 Å². The van der Waals surface area contributed by atoms with E-state index >= 15 is 0 Å². The molecule has 1 fully saturated rings. The minimum atomic E-state index is -0.256. The van der Waals surface area contributed by atoms with Crippen molar-refractivity contribution in [3.8, 4) is 5.75 Å².